The van der Waals surface area contributed by atoms with Gasteiger partial charge < -0.3 is 15.2 Å². The molecule has 7 nitrogen and oxygen atoms in total. The molecule has 1 atom stereocenters. The quantitative estimate of drug-likeness (QED) is 0.785. The Morgan fingerprint density at radius 2 is 1.86 bits per heavy atom. The molecule has 1 aromatic heterocycles. The number of carboxylic acids is 1. The fourth-order valence-corrected chi connectivity index (χ4v) is 1.49. The molecule has 0 saturated carbocycles. The van der Waals surface area contributed by atoms with Gasteiger partial charge in [0.15, 0.2) is 0 Å². The third kappa shape index (κ3) is 6.03. The van der Waals surface area contributed by atoms with E-state index in [2.05, 4.69) is 10.3 Å². The number of nitrogens with one attached hydrogen (secondary N) is 1. The van der Waals surface area contributed by atoms with Gasteiger partial charge >= 0.3 is 11.9 Å². The van der Waals surface area contributed by atoms with Crippen molar-refractivity contribution in [1.82, 2.24) is 10.3 Å². The van der Waals surface area contributed by atoms with E-state index in [4.69, 9.17) is 9.84 Å². The summed E-state index contributed by atoms with van der Waals surface area (Å²) < 4.78 is 5.04. The van der Waals surface area contributed by atoms with Crippen LogP contribution in [0.15, 0.2) is 24.5 Å². The van der Waals surface area contributed by atoms with Crippen molar-refractivity contribution in [2.75, 3.05) is 0 Å². The average molecular weight is 294 g/mol. The van der Waals surface area contributed by atoms with E-state index in [9.17, 15) is 14.4 Å². The van der Waals surface area contributed by atoms with E-state index in [1.165, 1.54) is 24.5 Å². The number of aliphatic carboxylic acids is 1. The van der Waals surface area contributed by atoms with Crippen LogP contribution in [0.4, 0.5) is 0 Å². The first kappa shape index (κ1) is 16.6. The minimum atomic E-state index is -1.35. The smallest absolute Gasteiger partial charge is 0.326 e. The number of hydrogen-bond acceptors (Lipinski definition) is 5. The Labute approximate surface area is 122 Å². The number of rotatable bonds is 5. The van der Waals surface area contributed by atoms with Crippen LogP contribution in [0.3, 0.4) is 0 Å². The predicted molar refractivity (Wildman–Crippen MR) is 73.6 cm³/mol. The van der Waals surface area contributed by atoms with Gasteiger partial charge in [-0.05, 0) is 32.9 Å². The van der Waals surface area contributed by atoms with Crippen molar-refractivity contribution in [1.29, 1.82) is 0 Å². The van der Waals surface area contributed by atoms with E-state index < -0.39 is 35.9 Å². The maximum atomic E-state index is 11.9. The molecule has 1 rings (SSSR count). The van der Waals surface area contributed by atoms with Crippen LogP contribution in [-0.2, 0) is 14.3 Å². The molecule has 0 aliphatic rings. The van der Waals surface area contributed by atoms with Gasteiger partial charge in [-0.1, -0.05) is 0 Å². The monoisotopic (exact) mass is 294 g/mol. The van der Waals surface area contributed by atoms with E-state index in [1.807, 2.05) is 0 Å². The van der Waals surface area contributed by atoms with Crippen molar-refractivity contribution < 1.29 is 24.2 Å². The molecule has 0 bridgehead atoms. The lowest BCUT2D eigenvalue weighted by molar-refractivity contribution is -0.158. The number of ether oxygens (including phenoxy) is 1. The predicted octanol–water partition coefficient (Wildman–Crippen LogP) is 0.996. The molecular weight excluding hydrogens is 276 g/mol. The average Bonchev–Trinajstić information content (AvgIpc) is 2.36. The lowest BCUT2D eigenvalue weighted by Crippen LogP contribution is -2.43. The zero-order valence-electron chi connectivity index (χ0n) is 12.1. The maximum Gasteiger partial charge on any atom is 0.326 e. The van der Waals surface area contributed by atoms with Crippen molar-refractivity contribution in [2.24, 2.45) is 0 Å². The van der Waals surface area contributed by atoms with Crippen LogP contribution in [-0.4, -0.2) is 39.6 Å². The highest BCUT2D eigenvalue weighted by molar-refractivity contribution is 5.97. The standard InChI is InChI=1S/C14H18N2O5/c1-14(2,3)21-11(17)8-10(13(19)20)16-12(18)9-4-6-15-7-5-9/h4-7,10H,8H2,1-3H3,(H,16,18)(H,19,20)/t10-/m0/s1. The Bertz CT molecular complexity index is 522. The molecule has 1 amide bonds. The van der Waals surface area contributed by atoms with E-state index in [-0.39, 0.29) is 5.56 Å². The van der Waals surface area contributed by atoms with Crippen molar-refractivity contribution in [3.8, 4) is 0 Å². The first-order valence-corrected chi connectivity index (χ1v) is 6.34. The lowest BCUT2D eigenvalue weighted by Gasteiger charge is -2.21. The fraction of sp³-hybridized carbons (Fsp3) is 0.429. The Balaban J connectivity index is 2.69. The van der Waals surface area contributed by atoms with Crippen LogP contribution >= 0.6 is 0 Å². The van der Waals surface area contributed by atoms with Crippen molar-refractivity contribution in [2.45, 2.75) is 38.8 Å². The van der Waals surface area contributed by atoms with E-state index in [0.717, 1.165) is 0 Å². The molecule has 114 valence electrons. The molecule has 0 saturated heterocycles. The fourth-order valence-electron chi connectivity index (χ4n) is 1.49. The number of carbonyl (C=O) groups excluding carboxylic acids is 2. The van der Waals surface area contributed by atoms with Gasteiger partial charge in [0.05, 0.1) is 6.42 Å². The normalized spacial score (nSPS) is 12.3. The molecule has 2 N–H and O–H groups in total. The molecule has 0 aromatic carbocycles. The van der Waals surface area contributed by atoms with E-state index in [0.29, 0.717) is 0 Å². The summed E-state index contributed by atoms with van der Waals surface area (Å²) in [6, 6.07) is 1.55. The van der Waals surface area contributed by atoms with Gasteiger partial charge in [-0.25, -0.2) is 4.79 Å². The molecule has 0 radical (unpaired) electrons. The first-order chi connectivity index (χ1) is 9.69. The van der Waals surface area contributed by atoms with Crippen molar-refractivity contribution in [3.63, 3.8) is 0 Å². The molecule has 0 fully saturated rings. The summed E-state index contributed by atoms with van der Waals surface area (Å²) in [7, 11) is 0. The van der Waals surface area contributed by atoms with Crippen LogP contribution in [0.1, 0.15) is 37.6 Å². The summed E-state index contributed by atoms with van der Waals surface area (Å²) in [5.74, 6) is -2.58. The summed E-state index contributed by atoms with van der Waals surface area (Å²) >= 11 is 0. The second-order valence-corrected chi connectivity index (χ2v) is 5.39. The van der Waals surface area contributed by atoms with Gasteiger partial charge in [-0.2, -0.15) is 0 Å². The van der Waals surface area contributed by atoms with Gasteiger partial charge in [0.1, 0.15) is 11.6 Å². The zero-order valence-corrected chi connectivity index (χ0v) is 12.1. The Hall–Kier alpha value is -2.44. The van der Waals surface area contributed by atoms with Gasteiger partial charge in [0, 0.05) is 18.0 Å². The Kier molecular flexibility index (Phi) is 5.40. The third-order valence-corrected chi connectivity index (χ3v) is 2.34. The highest BCUT2D eigenvalue weighted by Gasteiger charge is 2.26. The van der Waals surface area contributed by atoms with Crippen LogP contribution in [0.25, 0.3) is 0 Å². The highest BCUT2D eigenvalue weighted by atomic mass is 16.6. The SMILES string of the molecule is CC(C)(C)OC(=O)C[C@H](NC(=O)c1ccncc1)C(=O)O. The van der Waals surface area contributed by atoms with Gasteiger partial charge in [0.25, 0.3) is 5.91 Å². The number of amides is 1. The van der Waals surface area contributed by atoms with Crippen LogP contribution in [0.5, 0.6) is 0 Å². The zero-order chi connectivity index (χ0) is 16.0. The number of esters is 1. The van der Waals surface area contributed by atoms with Crippen molar-refractivity contribution in [3.05, 3.63) is 30.1 Å². The Morgan fingerprint density at radius 3 is 2.33 bits per heavy atom. The number of hydrogen-bond donors (Lipinski definition) is 2. The molecule has 0 spiro atoms. The van der Waals surface area contributed by atoms with Gasteiger partial charge in [-0.3, -0.25) is 14.6 Å². The summed E-state index contributed by atoms with van der Waals surface area (Å²) in [4.78, 5) is 38.4. The molecule has 1 aromatic rings. The lowest BCUT2D eigenvalue weighted by atomic mass is 10.1. The first-order valence-electron chi connectivity index (χ1n) is 6.34. The number of pyridine rings is 1. The molecule has 0 aliphatic heterocycles. The maximum absolute atomic E-state index is 11.9. The molecular formula is C14H18N2O5. The highest BCUT2D eigenvalue weighted by Crippen LogP contribution is 2.10. The molecule has 21 heavy (non-hydrogen) atoms. The molecule has 1 heterocycles. The topological polar surface area (TPSA) is 106 Å². The summed E-state index contributed by atoms with van der Waals surface area (Å²) in [6.45, 7) is 5.03. The van der Waals surface area contributed by atoms with Crippen LogP contribution in [0.2, 0.25) is 0 Å². The second kappa shape index (κ2) is 6.83. The van der Waals surface area contributed by atoms with Gasteiger partial charge in [0.2, 0.25) is 0 Å². The second-order valence-electron chi connectivity index (χ2n) is 5.39. The van der Waals surface area contributed by atoms with Crippen LogP contribution in [0, 0.1) is 0 Å². The minimum absolute atomic E-state index is 0.264. The number of aromatic nitrogens is 1. The largest absolute Gasteiger partial charge is 0.480 e. The van der Waals surface area contributed by atoms with Gasteiger partial charge in [-0.15, -0.1) is 0 Å². The molecule has 7 heteroatoms. The third-order valence-electron chi connectivity index (χ3n) is 2.34. The molecule has 0 aliphatic carbocycles. The summed E-state index contributed by atoms with van der Waals surface area (Å²) in [6.07, 6.45) is 2.39. The van der Waals surface area contributed by atoms with E-state index in [1.54, 1.807) is 20.8 Å². The van der Waals surface area contributed by atoms with Crippen molar-refractivity contribution >= 4 is 17.8 Å². The number of nitrogens with zero attached hydrogens (tertiary/aromatic N) is 1. The van der Waals surface area contributed by atoms with Crippen LogP contribution < -0.4 is 5.32 Å². The number of carbonyl (C=O) groups is 3. The minimum Gasteiger partial charge on any atom is -0.480 e. The summed E-state index contributed by atoms with van der Waals surface area (Å²) in [5.41, 5.74) is -0.449. The Morgan fingerprint density at radius 1 is 1.29 bits per heavy atom. The summed E-state index contributed by atoms with van der Waals surface area (Å²) in [5, 5.41) is 11.4. The molecule has 0 unspecified atom stereocenters. The van der Waals surface area contributed by atoms with E-state index >= 15 is 0 Å². The number of carboxylic acid groups (broad SMARTS) is 1.